The number of hydrogen-bond donors (Lipinski definition) is 0. The molecule has 2 aliphatic rings. The quantitative estimate of drug-likeness (QED) is 0.627. The first-order chi connectivity index (χ1) is 11.7. The summed E-state index contributed by atoms with van der Waals surface area (Å²) >= 11 is 0. The Labute approximate surface area is 140 Å². The van der Waals surface area contributed by atoms with Crippen LogP contribution in [-0.2, 0) is 22.6 Å². The first-order valence-corrected chi connectivity index (χ1v) is 8.10. The fraction of sp³-hybridized carbons (Fsp3) is 0.263. The molecule has 0 aliphatic carbocycles. The summed E-state index contributed by atoms with van der Waals surface area (Å²) in [5, 5.41) is 0. The molecule has 2 aromatic rings. The van der Waals surface area contributed by atoms with Gasteiger partial charge in [0.05, 0.1) is 12.2 Å². The summed E-state index contributed by atoms with van der Waals surface area (Å²) in [5.74, 6) is 0.227. The number of hydrogen-bond acceptors (Lipinski definition) is 4. The van der Waals surface area contributed by atoms with Crippen molar-refractivity contribution in [1.82, 2.24) is 4.90 Å². The van der Waals surface area contributed by atoms with E-state index < -0.39 is 0 Å². The van der Waals surface area contributed by atoms with Crippen molar-refractivity contribution in [3.63, 3.8) is 0 Å². The monoisotopic (exact) mass is 322 g/mol. The molecule has 5 nitrogen and oxygen atoms in total. The lowest BCUT2D eigenvalue weighted by Crippen LogP contribution is -2.46. The van der Waals surface area contributed by atoms with E-state index >= 15 is 0 Å². The number of carbonyl (C=O) groups excluding carboxylic acids is 2. The van der Waals surface area contributed by atoms with Gasteiger partial charge in [-0.1, -0.05) is 36.4 Å². The highest BCUT2D eigenvalue weighted by atomic mass is 16.5. The number of benzene rings is 2. The third-order valence-electron chi connectivity index (χ3n) is 4.56. The molecule has 4 rings (SSSR count). The second-order valence-corrected chi connectivity index (χ2v) is 6.13. The molecule has 1 amide bonds. The Bertz CT molecular complexity index is 803. The van der Waals surface area contributed by atoms with Crippen LogP contribution in [0.3, 0.4) is 0 Å². The number of para-hydroxylation sites is 2. The van der Waals surface area contributed by atoms with Crippen molar-refractivity contribution in [2.75, 3.05) is 24.5 Å². The zero-order valence-corrected chi connectivity index (χ0v) is 13.3. The number of fused-ring (bicyclic) bond motifs is 2. The molecule has 0 N–H and O–H groups in total. The van der Waals surface area contributed by atoms with E-state index in [0.29, 0.717) is 12.3 Å². The Morgan fingerprint density at radius 3 is 2.62 bits per heavy atom. The molecule has 5 heteroatoms. The molecule has 122 valence electrons. The van der Waals surface area contributed by atoms with Crippen molar-refractivity contribution in [2.45, 2.75) is 13.0 Å². The number of amides is 1. The van der Waals surface area contributed by atoms with Gasteiger partial charge in [0.1, 0.15) is 6.54 Å². The van der Waals surface area contributed by atoms with Crippen LogP contribution in [0, 0.1) is 0 Å². The van der Waals surface area contributed by atoms with Gasteiger partial charge in [0.25, 0.3) is 0 Å². The van der Waals surface area contributed by atoms with Crippen LogP contribution in [0.25, 0.3) is 0 Å². The van der Waals surface area contributed by atoms with E-state index in [1.807, 2.05) is 35.2 Å². The van der Waals surface area contributed by atoms with Gasteiger partial charge >= 0.3 is 5.97 Å². The van der Waals surface area contributed by atoms with Gasteiger partial charge in [0, 0.05) is 13.1 Å². The second kappa shape index (κ2) is 6.00. The molecule has 0 bridgehead atoms. The number of anilines is 1. The zero-order chi connectivity index (χ0) is 16.5. The Balaban J connectivity index is 1.50. The maximum absolute atomic E-state index is 12.7. The molecule has 0 saturated carbocycles. The van der Waals surface area contributed by atoms with Gasteiger partial charge in [-0.3, -0.25) is 4.79 Å². The number of esters is 1. The van der Waals surface area contributed by atoms with Crippen LogP contribution in [0.4, 0.5) is 5.69 Å². The summed E-state index contributed by atoms with van der Waals surface area (Å²) in [4.78, 5) is 28.2. The van der Waals surface area contributed by atoms with E-state index in [0.717, 1.165) is 18.7 Å². The molecule has 24 heavy (non-hydrogen) atoms. The number of ether oxygens (including phenoxy) is 1. The fourth-order valence-corrected chi connectivity index (χ4v) is 3.31. The summed E-state index contributed by atoms with van der Waals surface area (Å²) in [5.41, 5.74) is 3.31. The number of nitrogens with zero attached hydrogens (tertiary/aromatic N) is 2. The van der Waals surface area contributed by atoms with Crippen LogP contribution in [0.5, 0.6) is 5.75 Å². The van der Waals surface area contributed by atoms with Crippen molar-refractivity contribution in [3.05, 3.63) is 59.7 Å². The molecule has 2 heterocycles. The average molecular weight is 322 g/mol. The molecule has 0 fully saturated rings. The van der Waals surface area contributed by atoms with Crippen LogP contribution in [0.2, 0.25) is 0 Å². The number of carbonyl (C=O) groups is 2. The van der Waals surface area contributed by atoms with E-state index in [1.54, 1.807) is 11.0 Å². The molecule has 0 aromatic heterocycles. The predicted molar refractivity (Wildman–Crippen MR) is 89.9 cm³/mol. The Morgan fingerprint density at radius 2 is 1.75 bits per heavy atom. The molecule has 2 aromatic carbocycles. The summed E-state index contributed by atoms with van der Waals surface area (Å²) in [7, 11) is 0. The van der Waals surface area contributed by atoms with E-state index in [-0.39, 0.29) is 25.0 Å². The molecule has 2 aliphatic heterocycles. The smallest absolute Gasteiger partial charge is 0.331 e. The van der Waals surface area contributed by atoms with Gasteiger partial charge in [-0.05, 0) is 29.7 Å². The lowest BCUT2D eigenvalue weighted by Gasteiger charge is -2.33. The van der Waals surface area contributed by atoms with Gasteiger partial charge in [-0.25, -0.2) is 4.79 Å². The predicted octanol–water partition coefficient (Wildman–Crippen LogP) is 2.00. The third-order valence-corrected chi connectivity index (χ3v) is 4.56. The topological polar surface area (TPSA) is 49.9 Å². The highest BCUT2D eigenvalue weighted by Gasteiger charge is 2.28. The zero-order valence-electron chi connectivity index (χ0n) is 13.3. The maximum Gasteiger partial charge on any atom is 0.331 e. The normalized spacial score (nSPS) is 16.2. The van der Waals surface area contributed by atoms with E-state index in [9.17, 15) is 9.59 Å². The molecule has 0 radical (unpaired) electrons. The van der Waals surface area contributed by atoms with Crippen LogP contribution < -0.4 is 9.64 Å². The highest BCUT2D eigenvalue weighted by Crippen LogP contribution is 2.31. The first kappa shape index (κ1) is 14.8. The first-order valence-electron chi connectivity index (χ1n) is 8.10. The van der Waals surface area contributed by atoms with Crippen molar-refractivity contribution in [2.24, 2.45) is 0 Å². The van der Waals surface area contributed by atoms with E-state index in [4.69, 9.17) is 4.74 Å². The Kier molecular flexibility index (Phi) is 3.69. The molecule has 0 unspecified atom stereocenters. The second-order valence-electron chi connectivity index (χ2n) is 6.13. The Morgan fingerprint density at radius 1 is 1.00 bits per heavy atom. The fourth-order valence-electron chi connectivity index (χ4n) is 3.31. The maximum atomic E-state index is 12.7. The lowest BCUT2D eigenvalue weighted by atomic mass is 10.00. The lowest BCUT2D eigenvalue weighted by molar-refractivity contribution is -0.133. The van der Waals surface area contributed by atoms with Gasteiger partial charge in [-0.15, -0.1) is 0 Å². The molecule has 0 spiro atoms. The van der Waals surface area contributed by atoms with Crippen LogP contribution >= 0.6 is 0 Å². The molecular formula is C19H18N2O3. The summed E-state index contributed by atoms with van der Waals surface area (Å²) in [6, 6.07) is 15.6. The van der Waals surface area contributed by atoms with Crippen molar-refractivity contribution in [1.29, 1.82) is 0 Å². The third kappa shape index (κ3) is 2.73. The van der Waals surface area contributed by atoms with Crippen LogP contribution in [-0.4, -0.2) is 36.4 Å². The van der Waals surface area contributed by atoms with Crippen molar-refractivity contribution >= 4 is 17.6 Å². The molecular weight excluding hydrogens is 304 g/mol. The van der Waals surface area contributed by atoms with Gasteiger partial charge in [0.15, 0.2) is 5.75 Å². The average Bonchev–Trinajstić information content (AvgIpc) is 2.61. The highest BCUT2D eigenvalue weighted by molar-refractivity contribution is 5.89. The van der Waals surface area contributed by atoms with E-state index in [2.05, 4.69) is 12.1 Å². The summed E-state index contributed by atoms with van der Waals surface area (Å²) < 4.78 is 5.23. The van der Waals surface area contributed by atoms with Crippen LogP contribution in [0.15, 0.2) is 48.5 Å². The minimum atomic E-state index is -0.328. The minimum Gasteiger partial charge on any atom is -0.423 e. The summed E-state index contributed by atoms with van der Waals surface area (Å²) in [6.07, 6.45) is 0.876. The van der Waals surface area contributed by atoms with Crippen molar-refractivity contribution < 1.29 is 14.3 Å². The van der Waals surface area contributed by atoms with Gasteiger partial charge in [0.2, 0.25) is 5.91 Å². The Hall–Kier alpha value is -2.82. The molecule has 0 saturated heterocycles. The summed E-state index contributed by atoms with van der Waals surface area (Å²) in [6.45, 7) is 1.65. The van der Waals surface area contributed by atoms with E-state index in [1.165, 1.54) is 11.1 Å². The number of rotatable bonds is 2. The molecule has 0 atom stereocenters. The van der Waals surface area contributed by atoms with Crippen molar-refractivity contribution in [3.8, 4) is 5.75 Å². The SMILES string of the molecule is O=C1CN(CC(=O)N2CCc3ccccc3C2)c2ccccc2O1. The van der Waals surface area contributed by atoms with Gasteiger partial charge < -0.3 is 14.5 Å². The van der Waals surface area contributed by atoms with Crippen LogP contribution in [0.1, 0.15) is 11.1 Å². The largest absolute Gasteiger partial charge is 0.423 e. The minimum absolute atomic E-state index is 0.0361. The standard InChI is InChI=1S/C19H18N2O3/c22-18(20-10-9-14-5-1-2-6-15(14)11-20)12-21-13-19(23)24-17-8-4-3-7-16(17)21/h1-8H,9-13H2. The van der Waals surface area contributed by atoms with Gasteiger partial charge in [-0.2, -0.15) is 0 Å².